The number of hydrogen-bond acceptors (Lipinski definition) is 4. The van der Waals surface area contributed by atoms with E-state index in [2.05, 4.69) is 6.07 Å². The zero-order valence-corrected chi connectivity index (χ0v) is 15.2. The topological polar surface area (TPSA) is 68.3 Å². The summed E-state index contributed by atoms with van der Waals surface area (Å²) in [4.78, 5) is -1.77. The van der Waals surface area contributed by atoms with Crippen molar-refractivity contribution in [1.29, 1.82) is 5.26 Å². The van der Waals surface area contributed by atoms with Crippen molar-refractivity contribution >= 4 is 22.4 Å². The standard InChI is InChI=1S/C21H16ClFN2O2/c1-26-21(25)20(22,12-24)18(14-6-9-15(23)10-7-14)17-11-8-13-4-2-3-5-16(13)19(17)27-21/h2-11,18H,25H2,1H3. The number of halogens is 2. The maximum atomic E-state index is 13.5. The molecule has 0 saturated heterocycles. The Morgan fingerprint density at radius 3 is 2.52 bits per heavy atom. The number of benzene rings is 3. The van der Waals surface area contributed by atoms with Crippen molar-refractivity contribution in [1.82, 2.24) is 0 Å². The van der Waals surface area contributed by atoms with E-state index in [4.69, 9.17) is 26.8 Å². The Bertz CT molecular complexity index is 1070. The predicted molar refractivity (Wildman–Crippen MR) is 101 cm³/mol. The average molecular weight is 383 g/mol. The van der Waals surface area contributed by atoms with E-state index in [-0.39, 0.29) is 5.82 Å². The number of nitriles is 1. The largest absolute Gasteiger partial charge is 0.445 e. The lowest BCUT2D eigenvalue weighted by molar-refractivity contribution is -0.184. The van der Waals surface area contributed by atoms with Gasteiger partial charge in [-0.05, 0) is 23.1 Å². The molecule has 1 aliphatic heterocycles. The summed E-state index contributed by atoms with van der Waals surface area (Å²) in [6.45, 7) is 0. The van der Waals surface area contributed by atoms with E-state index in [9.17, 15) is 9.65 Å². The van der Waals surface area contributed by atoms with Crippen LogP contribution in [0.4, 0.5) is 4.39 Å². The van der Waals surface area contributed by atoms with E-state index >= 15 is 0 Å². The Hall–Kier alpha value is -2.65. The third-order valence-corrected chi connectivity index (χ3v) is 5.62. The molecule has 0 radical (unpaired) electrons. The number of alkyl halides is 1. The lowest BCUT2D eigenvalue weighted by Gasteiger charge is -2.47. The van der Waals surface area contributed by atoms with E-state index in [0.717, 1.165) is 10.8 Å². The first-order valence-corrected chi connectivity index (χ1v) is 8.71. The van der Waals surface area contributed by atoms with Crippen molar-refractivity contribution in [2.24, 2.45) is 5.73 Å². The van der Waals surface area contributed by atoms with Crippen LogP contribution in [0.15, 0.2) is 60.7 Å². The fourth-order valence-electron chi connectivity index (χ4n) is 3.64. The van der Waals surface area contributed by atoms with Crippen LogP contribution in [0.2, 0.25) is 0 Å². The maximum Gasteiger partial charge on any atom is 0.302 e. The number of fused-ring (bicyclic) bond motifs is 3. The lowest BCUT2D eigenvalue weighted by atomic mass is 9.75. The SMILES string of the molecule is COC1(N)Oc2c(ccc3ccccc23)C(c2ccc(F)cc2)C1(Cl)C#N. The van der Waals surface area contributed by atoms with Gasteiger partial charge >= 0.3 is 5.91 Å². The van der Waals surface area contributed by atoms with Crippen molar-refractivity contribution in [2.75, 3.05) is 7.11 Å². The average Bonchev–Trinajstić information content (AvgIpc) is 2.70. The van der Waals surface area contributed by atoms with Crippen LogP contribution in [0.3, 0.4) is 0 Å². The molecule has 0 fully saturated rings. The number of nitrogens with zero attached hydrogens (tertiary/aromatic N) is 1. The molecule has 6 heteroatoms. The first-order valence-electron chi connectivity index (χ1n) is 8.34. The summed E-state index contributed by atoms with van der Waals surface area (Å²) >= 11 is 6.76. The number of methoxy groups -OCH3 is 1. The molecule has 27 heavy (non-hydrogen) atoms. The summed E-state index contributed by atoms with van der Waals surface area (Å²) < 4.78 is 24.9. The molecule has 0 aromatic heterocycles. The van der Waals surface area contributed by atoms with Gasteiger partial charge in [-0.3, -0.25) is 5.73 Å². The Morgan fingerprint density at radius 1 is 1.15 bits per heavy atom. The van der Waals surface area contributed by atoms with Crippen LogP contribution in [0.1, 0.15) is 17.0 Å². The summed E-state index contributed by atoms with van der Waals surface area (Å²) in [5.74, 6) is -2.48. The fraction of sp³-hybridized carbons (Fsp3) is 0.190. The highest BCUT2D eigenvalue weighted by Gasteiger charge is 2.61. The van der Waals surface area contributed by atoms with Crippen molar-refractivity contribution < 1.29 is 13.9 Å². The summed E-state index contributed by atoms with van der Waals surface area (Å²) in [5, 5.41) is 11.7. The maximum absolute atomic E-state index is 13.5. The molecule has 136 valence electrons. The molecule has 0 spiro atoms. The third-order valence-electron chi connectivity index (χ3n) is 5.05. The van der Waals surface area contributed by atoms with Gasteiger partial charge < -0.3 is 9.47 Å². The van der Waals surface area contributed by atoms with Gasteiger partial charge in [-0.25, -0.2) is 4.39 Å². The minimum Gasteiger partial charge on any atom is -0.445 e. The molecule has 4 rings (SSSR count). The van der Waals surface area contributed by atoms with Crippen molar-refractivity contribution in [3.63, 3.8) is 0 Å². The molecule has 0 aliphatic carbocycles. The van der Waals surface area contributed by atoms with Crippen LogP contribution in [0, 0.1) is 17.1 Å². The van der Waals surface area contributed by atoms with Gasteiger partial charge in [0.15, 0.2) is 0 Å². The van der Waals surface area contributed by atoms with Gasteiger partial charge in [0, 0.05) is 18.1 Å². The smallest absolute Gasteiger partial charge is 0.302 e. The van der Waals surface area contributed by atoms with Crippen LogP contribution in [0.25, 0.3) is 10.8 Å². The Morgan fingerprint density at radius 2 is 1.85 bits per heavy atom. The first-order chi connectivity index (χ1) is 12.9. The third kappa shape index (κ3) is 2.49. The predicted octanol–water partition coefficient (Wildman–Crippen LogP) is 4.26. The highest BCUT2D eigenvalue weighted by atomic mass is 35.5. The van der Waals surface area contributed by atoms with E-state index in [1.54, 1.807) is 12.1 Å². The minimum absolute atomic E-state index is 0.382. The molecule has 1 heterocycles. The van der Waals surface area contributed by atoms with Gasteiger partial charge in [-0.1, -0.05) is 60.1 Å². The number of nitrogens with two attached hydrogens (primary N) is 1. The number of ether oxygens (including phenoxy) is 2. The van der Waals surface area contributed by atoms with Gasteiger partial charge in [-0.15, -0.1) is 0 Å². The Balaban J connectivity index is 2.06. The van der Waals surface area contributed by atoms with Gasteiger partial charge in [0.25, 0.3) is 0 Å². The van der Waals surface area contributed by atoms with E-state index < -0.39 is 16.7 Å². The summed E-state index contributed by atoms with van der Waals surface area (Å²) in [6.07, 6.45) is 0. The molecular formula is C21H16ClFN2O2. The molecule has 0 bridgehead atoms. The van der Waals surface area contributed by atoms with Gasteiger partial charge in [-0.2, -0.15) is 5.26 Å². The molecule has 0 saturated carbocycles. The molecule has 1 aliphatic rings. The van der Waals surface area contributed by atoms with Crippen molar-refractivity contribution in [3.8, 4) is 11.8 Å². The second-order valence-corrected chi connectivity index (χ2v) is 7.08. The number of rotatable bonds is 2. The fourth-order valence-corrected chi connectivity index (χ4v) is 4.00. The van der Waals surface area contributed by atoms with Crippen LogP contribution < -0.4 is 10.5 Å². The van der Waals surface area contributed by atoms with Crippen LogP contribution in [0.5, 0.6) is 5.75 Å². The van der Waals surface area contributed by atoms with E-state index in [1.165, 1.54) is 19.2 Å². The van der Waals surface area contributed by atoms with Crippen LogP contribution in [-0.4, -0.2) is 17.9 Å². The van der Waals surface area contributed by atoms with Gasteiger partial charge in [0.1, 0.15) is 11.6 Å². The molecule has 4 nitrogen and oxygen atoms in total. The first kappa shape index (κ1) is 17.7. The number of hydrogen-bond donors (Lipinski definition) is 1. The van der Waals surface area contributed by atoms with Crippen LogP contribution in [-0.2, 0) is 4.74 Å². The molecular weight excluding hydrogens is 367 g/mol. The van der Waals surface area contributed by atoms with Gasteiger partial charge in [0.05, 0.1) is 12.0 Å². The normalized spacial score (nSPS) is 26.9. The minimum atomic E-state index is -1.90. The highest BCUT2D eigenvalue weighted by Crippen LogP contribution is 2.54. The van der Waals surface area contributed by atoms with E-state index in [0.29, 0.717) is 16.9 Å². The summed E-state index contributed by atoms with van der Waals surface area (Å²) in [6, 6.07) is 19.3. The quantitative estimate of drug-likeness (QED) is 0.531. The molecule has 3 aromatic rings. The van der Waals surface area contributed by atoms with Crippen molar-refractivity contribution in [2.45, 2.75) is 16.7 Å². The Kier molecular flexibility index (Phi) is 4.08. The lowest BCUT2D eigenvalue weighted by Crippen LogP contribution is -2.66. The summed E-state index contributed by atoms with van der Waals surface area (Å²) in [7, 11) is 1.34. The molecule has 3 aromatic carbocycles. The molecule has 3 atom stereocenters. The van der Waals surface area contributed by atoms with Crippen molar-refractivity contribution in [3.05, 3.63) is 77.6 Å². The molecule has 2 N–H and O–H groups in total. The zero-order valence-electron chi connectivity index (χ0n) is 14.4. The summed E-state index contributed by atoms with van der Waals surface area (Å²) in [5.41, 5.74) is 7.67. The van der Waals surface area contributed by atoms with E-state index in [1.807, 2.05) is 36.4 Å². The second kappa shape index (κ2) is 6.21. The zero-order chi connectivity index (χ0) is 19.2. The van der Waals surface area contributed by atoms with Crippen LogP contribution >= 0.6 is 11.6 Å². The van der Waals surface area contributed by atoms with Gasteiger partial charge in [0.2, 0.25) is 4.87 Å². The monoisotopic (exact) mass is 382 g/mol. The molecule has 3 unspecified atom stereocenters. The second-order valence-electron chi connectivity index (χ2n) is 6.49. The molecule has 0 amide bonds. The highest BCUT2D eigenvalue weighted by molar-refractivity contribution is 6.27. The Labute approximate surface area is 160 Å².